The summed E-state index contributed by atoms with van der Waals surface area (Å²) in [5.41, 5.74) is 1.03. The second-order valence-electron chi connectivity index (χ2n) is 8.00. The Morgan fingerprint density at radius 1 is 1.23 bits per heavy atom. The van der Waals surface area contributed by atoms with Gasteiger partial charge in [0.1, 0.15) is 5.60 Å². The minimum atomic E-state index is -0.174. The molecule has 3 aliphatic rings. The molecule has 1 spiro atoms. The van der Waals surface area contributed by atoms with Gasteiger partial charge < -0.3 is 19.1 Å². The first-order valence-corrected chi connectivity index (χ1v) is 10.5. The number of hydrogen-bond acceptors (Lipinski definition) is 5. The van der Waals surface area contributed by atoms with Crippen LogP contribution in [0.25, 0.3) is 0 Å². The van der Waals surface area contributed by atoms with Gasteiger partial charge in [0.05, 0.1) is 24.6 Å². The van der Waals surface area contributed by atoms with E-state index in [1.807, 2.05) is 11.0 Å². The maximum atomic E-state index is 12.7. The first-order chi connectivity index (χ1) is 12.6. The Bertz CT molecular complexity index is 627. The van der Waals surface area contributed by atoms with Crippen molar-refractivity contribution < 1.29 is 19.0 Å². The molecule has 26 heavy (non-hydrogen) atoms. The quantitative estimate of drug-likeness (QED) is 0.789. The molecule has 1 aromatic heterocycles. The van der Waals surface area contributed by atoms with E-state index in [-0.39, 0.29) is 11.5 Å². The molecule has 3 fully saturated rings. The minimum Gasteiger partial charge on any atom is -0.381 e. The molecule has 0 aromatic carbocycles. The molecule has 5 nitrogen and oxygen atoms in total. The van der Waals surface area contributed by atoms with E-state index in [0.29, 0.717) is 24.9 Å². The third kappa shape index (κ3) is 3.57. The zero-order chi connectivity index (χ0) is 18.1. The summed E-state index contributed by atoms with van der Waals surface area (Å²) < 4.78 is 17.5. The van der Waals surface area contributed by atoms with E-state index < -0.39 is 0 Å². The largest absolute Gasteiger partial charge is 0.381 e. The topological polar surface area (TPSA) is 48.0 Å². The Morgan fingerprint density at radius 3 is 2.69 bits per heavy atom. The second-order valence-corrected chi connectivity index (χ2v) is 9.26. The van der Waals surface area contributed by atoms with Gasteiger partial charge in [-0.05, 0) is 50.7 Å². The van der Waals surface area contributed by atoms with E-state index in [1.165, 1.54) is 10.4 Å². The van der Waals surface area contributed by atoms with Gasteiger partial charge in [-0.3, -0.25) is 4.79 Å². The van der Waals surface area contributed by atoms with Crippen molar-refractivity contribution in [1.29, 1.82) is 0 Å². The zero-order valence-electron chi connectivity index (χ0n) is 15.8. The smallest absolute Gasteiger partial charge is 0.264 e. The molecular formula is C20H29NO4S. The third-order valence-corrected chi connectivity index (χ3v) is 7.33. The number of carbonyl (C=O) groups is 1. The van der Waals surface area contributed by atoms with Gasteiger partial charge in [-0.25, -0.2) is 0 Å². The van der Waals surface area contributed by atoms with Gasteiger partial charge >= 0.3 is 0 Å². The number of ether oxygens (including phenoxy) is 3. The molecule has 0 saturated carbocycles. The fourth-order valence-corrected chi connectivity index (χ4v) is 5.24. The minimum absolute atomic E-state index is 0.147. The zero-order valence-corrected chi connectivity index (χ0v) is 16.6. The molecule has 1 atom stereocenters. The maximum Gasteiger partial charge on any atom is 0.264 e. The van der Waals surface area contributed by atoms with Crippen LogP contribution in [0.2, 0.25) is 0 Å². The van der Waals surface area contributed by atoms with Gasteiger partial charge in [0.25, 0.3) is 5.91 Å². The second kappa shape index (κ2) is 7.58. The number of nitrogens with zero attached hydrogens (tertiary/aromatic N) is 1. The van der Waals surface area contributed by atoms with Crippen LogP contribution in [-0.2, 0) is 14.2 Å². The molecule has 0 N–H and O–H groups in total. The summed E-state index contributed by atoms with van der Waals surface area (Å²) in [6, 6.07) is 2.01. The predicted molar refractivity (Wildman–Crippen MR) is 101 cm³/mol. The lowest BCUT2D eigenvalue weighted by molar-refractivity contribution is -0.129. The fourth-order valence-electron chi connectivity index (χ4n) is 4.24. The first-order valence-electron chi connectivity index (χ1n) is 9.73. The average molecular weight is 380 g/mol. The molecule has 6 heteroatoms. The van der Waals surface area contributed by atoms with Gasteiger partial charge in [-0.2, -0.15) is 0 Å². The van der Waals surface area contributed by atoms with Crippen LogP contribution in [0.5, 0.6) is 0 Å². The van der Waals surface area contributed by atoms with Crippen molar-refractivity contribution >= 4 is 17.2 Å². The lowest BCUT2D eigenvalue weighted by Gasteiger charge is -2.50. The van der Waals surface area contributed by atoms with Gasteiger partial charge in [0.2, 0.25) is 0 Å². The van der Waals surface area contributed by atoms with Crippen LogP contribution in [0.1, 0.15) is 39.4 Å². The molecule has 4 rings (SSSR count). The number of hydrogen-bond donors (Lipinski definition) is 0. The molecule has 1 amide bonds. The molecule has 3 saturated heterocycles. The van der Waals surface area contributed by atoms with E-state index >= 15 is 0 Å². The standard InChI is InChI=1S/C20H29NO4S/c1-14-9-18(26-15(14)2)19(22)21-12-20(13-21)17(5-8-25-20)11-24-10-16-3-6-23-7-4-16/h9,16-17H,3-8,10-13H2,1-2H3/t17-/m0/s1. The SMILES string of the molecule is Cc1cc(C(=O)N2CC3(C2)OCC[C@H]3COCC2CCOCC2)sc1C. The number of thiophene rings is 1. The Hall–Kier alpha value is -0.950. The van der Waals surface area contributed by atoms with Crippen molar-refractivity contribution in [3.05, 3.63) is 21.4 Å². The highest BCUT2D eigenvalue weighted by Crippen LogP contribution is 2.41. The van der Waals surface area contributed by atoms with Crippen LogP contribution >= 0.6 is 11.3 Å². The van der Waals surface area contributed by atoms with Crippen molar-refractivity contribution in [1.82, 2.24) is 4.90 Å². The summed E-state index contributed by atoms with van der Waals surface area (Å²) in [5.74, 6) is 1.18. The first kappa shape index (κ1) is 18.4. The van der Waals surface area contributed by atoms with Crippen LogP contribution in [0.3, 0.4) is 0 Å². The highest BCUT2D eigenvalue weighted by Gasteiger charge is 2.54. The number of carbonyl (C=O) groups excluding carboxylic acids is 1. The van der Waals surface area contributed by atoms with E-state index in [4.69, 9.17) is 14.2 Å². The molecular weight excluding hydrogens is 350 g/mol. The van der Waals surface area contributed by atoms with Crippen LogP contribution in [0.4, 0.5) is 0 Å². The Kier molecular flexibility index (Phi) is 5.37. The van der Waals surface area contributed by atoms with Crippen LogP contribution < -0.4 is 0 Å². The highest BCUT2D eigenvalue weighted by atomic mass is 32.1. The maximum absolute atomic E-state index is 12.7. The van der Waals surface area contributed by atoms with E-state index in [1.54, 1.807) is 11.3 Å². The predicted octanol–water partition coefficient (Wildman–Crippen LogP) is 3.04. The molecule has 0 radical (unpaired) electrons. The molecule has 3 aliphatic heterocycles. The molecule has 1 aromatic rings. The fraction of sp³-hybridized carbons (Fsp3) is 0.750. The summed E-state index contributed by atoms with van der Waals surface area (Å²) in [7, 11) is 0. The molecule has 0 bridgehead atoms. The van der Waals surface area contributed by atoms with Crippen molar-refractivity contribution in [2.45, 2.75) is 38.7 Å². The van der Waals surface area contributed by atoms with Gasteiger partial charge in [0.15, 0.2) is 0 Å². The van der Waals surface area contributed by atoms with Gasteiger partial charge in [-0.15, -0.1) is 11.3 Å². The van der Waals surface area contributed by atoms with Crippen LogP contribution in [-0.4, -0.2) is 62.5 Å². The van der Waals surface area contributed by atoms with Crippen molar-refractivity contribution in [3.63, 3.8) is 0 Å². The van der Waals surface area contributed by atoms with E-state index in [0.717, 1.165) is 57.2 Å². The number of amides is 1. The lowest BCUT2D eigenvalue weighted by Crippen LogP contribution is -2.66. The summed E-state index contributed by atoms with van der Waals surface area (Å²) in [5, 5.41) is 0. The summed E-state index contributed by atoms with van der Waals surface area (Å²) in [6.45, 7) is 9.62. The van der Waals surface area contributed by atoms with Crippen molar-refractivity contribution in [3.8, 4) is 0 Å². The Balaban J connectivity index is 1.28. The summed E-state index contributed by atoms with van der Waals surface area (Å²) in [4.78, 5) is 16.7. The Labute approximate surface area is 159 Å². The number of aryl methyl sites for hydroxylation is 2. The third-order valence-electron chi connectivity index (χ3n) is 6.19. The normalized spacial score (nSPS) is 25.6. The van der Waals surface area contributed by atoms with E-state index in [9.17, 15) is 4.79 Å². The number of rotatable bonds is 5. The van der Waals surface area contributed by atoms with Gasteiger partial charge in [0, 0.05) is 37.2 Å². The molecule has 144 valence electrons. The average Bonchev–Trinajstić information content (AvgIpc) is 3.18. The van der Waals surface area contributed by atoms with E-state index in [2.05, 4.69) is 13.8 Å². The molecule has 0 aliphatic carbocycles. The van der Waals surface area contributed by atoms with Crippen molar-refractivity contribution in [2.24, 2.45) is 11.8 Å². The van der Waals surface area contributed by atoms with Crippen LogP contribution in [0, 0.1) is 25.7 Å². The molecule has 0 unspecified atom stereocenters. The van der Waals surface area contributed by atoms with Crippen LogP contribution in [0.15, 0.2) is 6.07 Å². The lowest BCUT2D eigenvalue weighted by atomic mass is 9.81. The highest BCUT2D eigenvalue weighted by molar-refractivity contribution is 7.14. The summed E-state index contributed by atoms with van der Waals surface area (Å²) in [6.07, 6.45) is 3.25. The number of likely N-dealkylation sites (tertiary alicyclic amines) is 1. The molecule has 4 heterocycles. The summed E-state index contributed by atoms with van der Waals surface area (Å²) >= 11 is 1.59. The van der Waals surface area contributed by atoms with Gasteiger partial charge in [-0.1, -0.05) is 0 Å². The monoisotopic (exact) mass is 379 g/mol. The van der Waals surface area contributed by atoms with Crippen molar-refractivity contribution in [2.75, 3.05) is 46.1 Å². The Morgan fingerprint density at radius 2 is 2.00 bits per heavy atom.